The molecule has 3 saturated heterocycles. The second-order valence-corrected chi connectivity index (χ2v) is 15.2. The average Bonchev–Trinajstić information content (AvgIpc) is 3.76. The van der Waals surface area contributed by atoms with Crippen molar-refractivity contribution >= 4 is 40.3 Å². The number of pyridine rings is 2. The Bertz CT molecular complexity index is 2140. The largest absolute Gasteiger partial charge is 0.453 e. The highest BCUT2D eigenvalue weighted by molar-refractivity contribution is 6.32. The molecule has 1 aromatic carbocycles. The number of piperidine rings is 2. The summed E-state index contributed by atoms with van der Waals surface area (Å²) in [4.78, 5) is 48.1. The fraction of sp³-hybridized carbons (Fsp3) is 0.436. The number of amides is 2. The summed E-state index contributed by atoms with van der Waals surface area (Å²) in [6.07, 6.45) is 10.1. The molecule has 5 aromatic rings. The molecular weight excluding hydrogens is 708 g/mol. The van der Waals surface area contributed by atoms with E-state index in [9.17, 15) is 14.7 Å². The molecule has 3 aliphatic heterocycles. The Balaban J connectivity index is 0.835. The van der Waals surface area contributed by atoms with Gasteiger partial charge >= 0.3 is 0 Å². The van der Waals surface area contributed by atoms with E-state index in [0.717, 1.165) is 86.7 Å². The quantitative estimate of drug-likeness (QED) is 0.174. The Morgan fingerprint density at radius 1 is 1.04 bits per heavy atom. The van der Waals surface area contributed by atoms with Crippen LogP contribution in [0.4, 0.5) is 5.69 Å². The SMILES string of the molecule is Cc1nn(C)cc1-c1nc2ncc(Cl)c(Oc3ccc(CN4CCN(CC5CCN(c6cncc([C@H]7CCC(=O)NC7=O)c6)CC5)[C@H](CO)C4)cc3)c2[nH]1. The van der Waals surface area contributed by atoms with E-state index in [0.29, 0.717) is 52.3 Å². The minimum Gasteiger partial charge on any atom is -0.453 e. The van der Waals surface area contributed by atoms with Crippen LogP contribution in [0.25, 0.3) is 22.6 Å². The molecule has 0 spiro atoms. The predicted molar refractivity (Wildman–Crippen MR) is 204 cm³/mol. The molecule has 0 bridgehead atoms. The summed E-state index contributed by atoms with van der Waals surface area (Å²) in [6, 6.07) is 10.2. The van der Waals surface area contributed by atoms with Gasteiger partial charge in [-0.3, -0.25) is 34.4 Å². The number of nitrogens with zero attached hydrogens (tertiary/aromatic N) is 8. The first kappa shape index (κ1) is 36.1. The van der Waals surface area contributed by atoms with Gasteiger partial charge in [-0.2, -0.15) is 5.10 Å². The minimum absolute atomic E-state index is 0.0831. The van der Waals surface area contributed by atoms with E-state index in [2.05, 4.69) is 63.3 Å². The van der Waals surface area contributed by atoms with Gasteiger partial charge in [0.15, 0.2) is 11.4 Å². The molecule has 2 amide bonds. The second kappa shape index (κ2) is 15.5. The van der Waals surface area contributed by atoms with Crippen LogP contribution >= 0.6 is 11.6 Å². The first-order valence-corrected chi connectivity index (χ1v) is 19.0. The standard InChI is InChI=1S/C39H45ClN10O4/c1-24-32(22-47(2)46-24)37-44-35-36(33(40)18-42-38(35)45-37)54-30-5-3-25(4-6-30)19-48-13-14-50(29(21-48)23-51)20-26-9-11-49(12-10-26)28-15-27(16-41-17-28)31-7-8-34(52)43-39(31)53/h3-6,15-18,22,26,29,31,51H,7-14,19-21,23H2,1-2H3,(H,42,44,45)(H,43,52,53)/t29-,31+/m0/s1. The van der Waals surface area contributed by atoms with E-state index in [4.69, 9.17) is 16.3 Å². The number of H-pyrrole nitrogens is 1. The van der Waals surface area contributed by atoms with Crippen LogP contribution in [0.1, 0.15) is 48.4 Å². The molecular formula is C39H45ClN10O4. The number of imide groups is 1. The number of aromatic nitrogens is 6. The van der Waals surface area contributed by atoms with Crippen LogP contribution in [-0.2, 0) is 23.2 Å². The summed E-state index contributed by atoms with van der Waals surface area (Å²) >= 11 is 6.57. The third-order valence-electron chi connectivity index (χ3n) is 11.0. The predicted octanol–water partition coefficient (Wildman–Crippen LogP) is 4.42. The Morgan fingerprint density at radius 3 is 2.59 bits per heavy atom. The van der Waals surface area contributed by atoms with Crippen molar-refractivity contribution in [2.24, 2.45) is 13.0 Å². The van der Waals surface area contributed by atoms with E-state index in [-0.39, 0.29) is 30.4 Å². The van der Waals surface area contributed by atoms with Gasteiger partial charge in [0, 0.05) is 77.7 Å². The highest BCUT2D eigenvalue weighted by Crippen LogP contribution is 2.36. The van der Waals surface area contributed by atoms with E-state index >= 15 is 0 Å². The lowest BCUT2D eigenvalue weighted by atomic mass is 9.91. The van der Waals surface area contributed by atoms with Crippen LogP contribution in [-0.4, -0.2) is 108 Å². The van der Waals surface area contributed by atoms with Crippen LogP contribution in [0.5, 0.6) is 11.5 Å². The van der Waals surface area contributed by atoms with Crippen molar-refractivity contribution in [1.29, 1.82) is 0 Å². The van der Waals surface area contributed by atoms with E-state index in [1.165, 1.54) is 0 Å². The molecule has 0 radical (unpaired) electrons. The number of fused-ring (bicyclic) bond motifs is 1. The Labute approximate surface area is 318 Å². The summed E-state index contributed by atoms with van der Waals surface area (Å²) in [5.74, 6) is 1.55. The molecule has 3 aliphatic rings. The zero-order valence-electron chi connectivity index (χ0n) is 30.5. The summed E-state index contributed by atoms with van der Waals surface area (Å²) in [7, 11) is 1.87. The number of imidazole rings is 1. The summed E-state index contributed by atoms with van der Waals surface area (Å²) < 4.78 is 8.05. The number of anilines is 1. The average molecular weight is 753 g/mol. The van der Waals surface area contributed by atoms with Gasteiger partial charge in [-0.25, -0.2) is 9.97 Å². The number of carbonyl (C=O) groups excluding carboxylic acids is 2. The molecule has 3 fully saturated rings. The molecule has 0 saturated carbocycles. The molecule has 0 unspecified atom stereocenters. The number of halogens is 1. The van der Waals surface area contributed by atoms with Crippen molar-refractivity contribution in [3.05, 3.63) is 77.0 Å². The van der Waals surface area contributed by atoms with Crippen molar-refractivity contribution in [3.8, 4) is 22.9 Å². The number of hydrogen-bond donors (Lipinski definition) is 3. The second-order valence-electron chi connectivity index (χ2n) is 14.7. The van der Waals surface area contributed by atoms with Gasteiger partial charge in [-0.1, -0.05) is 23.7 Å². The monoisotopic (exact) mass is 752 g/mol. The third-order valence-corrected chi connectivity index (χ3v) is 11.3. The summed E-state index contributed by atoms with van der Waals surface area (Å²) in [5, 5.41) is 17.7. The lowest BCUT2D eigenvalue weighted by molar-refractivity contribution is -0.134. The van der Waals surface area contributed by atoms with Crippen molar-refractivity contribution in [2.45, 2.75) is 51.1 Å². The zero-order valence-corrected chi connectivity index (χ0v) is 31.3. The minimum atomic E-state index is -0.334. The Hall–Kier alpha value is -4.89. The molecule has 54 heavy (non-hydrogen) atoms. The normalized spacial score (nSPS) is 20.5. The van der Waals surface area contributed by atoms with Crippen LogP contribution < -0.4 is 15.0 Å². The lowest BCUT2D eigenvalue weighted by Gasteiger charge is -2.43. The molecule has 7 heterocycles. The number of hydrogen-bond acceptors (Lipinski definition) is 11. The number of aromatic amines is 1. The van der Waals surface area contributed by atoms with Gasteiger partial charge in [0.2, 0.25) is 11.8 Å². The number of nitrogens with one attached hydrogen (secondary N) is 2. The lowest BCUT2D eigenvalue weighted by Crippen LogP contribution is -2.55. The first-order valence-electron chi connectivity index (χ1n) is 18.6. The molecule has 2 atom stereocenters. The molecule has 3 N–H and O–H groups in total. The number of benzene rings is 1. The van der Waals surface area contributed by atoms with Gasteiger partial charge in [-0.05, 0) is 61.4 Å². The maximum absolute atomic E-state index is 12.4. The zero-order chi connectivity index (χ0) is 37.3. The number of ether oxygens (including phenoxy) is 1. The van der Waals surface area contributed by atoms with Crippen molar-refractivity contribution in [3.63, 3.8) is 0 Å². The fourth-order valence-electron chi connectivity index (χ4n) is 8.05. The van der Waals surface area contributed by atoms with Crippen molar-refractivity contribution in [1.82, 2.24) is 44.8 Å². The number of aliphatic hydroxyl groups excluding tert-OH is 1. The number of aryl methyl sites for hydroxylation is 2. The summed E-state index contributed by atoms with van der Waals surface area (Å²) in [5.41, 5.74) is 5.94. The van der Waals surface area contributed by atoms with E-state index in [1.54, 1.807) is 17.1 Å². The van der Waals surface area contributed by atoms with E-state index < -0.39 is 0 Å². The van der Waals surface area contributed by atoms with Gasteiger partial charge in [0.25, 0.3) is 0 Å². The Morgan fingerprint density at radius 2 is 1.85 bits per heavy atom. The molecule has 0 aliphatic carbocycles. The first-order chi connectivity index (χ1) is 26.2. The number of aliphatic hydroxyl groups is 1. The highest BCUT2D eigenvalue weighted by Gasteiger charge is 2.31. The van der Waals surface area contributed by atoms with Crippen LogP contribution in [0, 0.1) is 12.8 Å². The van der Waals surface area contributed by atoms with Crippen molar-refractivity contribution in [2.75, 3.05) is 50.8 Å². The van der Waals surface area contributed by atoms with Crippen LogP contribution in [0.3, 0.4) is 0 Å². The molecule has 15 heteroatoms. The number of rotatable bonds is 10. The molecule has 282 valence electrons. The summed E-state index contributed by atoms with van der Waals surface area (Å²) in [6.45, 7) is 8.28. The van der Waals surface area contributed by atoms with Crippen LogP contribution in [0.15, 0.2) is 55.1 Å². The van der Waals surface area contributed by atoms with Crippen molar-refractivity contribution < 1.29 is 19.4 Å². The van der Waals surface area contributed by atoms with Gasteiger partial charge in [0.1, 0.15) is 22.1 Å². The van der Waals surface area contributed by atoms with Gasteiger partial charge in [0.05, 0.1) is 41.9 Å². The molecule has 14 nitrogen and oxygen atoms in total. The van der Waals surface area contributed by atoms with E-state index in [1.807, 2.05) is 38.5 Å². The smallest absolute Gasteiger partial charge is 0.234 e. The highest BCUT2D eigenvalue weighted by atomic mass is 35.5. The topological polar surface area (TPSA) is 158 Å². The van der Waals surface area contributed by atoms with Gasteiger partial charge in [-0.15, -0.1) is 0 Å². The maximum Gasteiger partial charge on any atom is 0.234 e. The third kappa shape index (κ3) is 7.69. The van der Waals surface area contributed by atoms with Crippen LogP contribution in [0.2, 0.25) is 5.02 Å². The fourth-order valence-corrected chi connectivity index (χ4v) is 8.23. The number of piperazine rings is 1. The van der Waals surface area contributed by atoms with Gasteiger partial charge < -0.3 is 19.7 Å². The molecule has 8 rings (SSSR count). The molecule has 4 aromatic heterocycles. The number of carbonyl (C=O) groups is 2. The Kier molecular flexibility index (Phi) is 10.3. The maximum atomic E-state index is 12.4.